The molecule has 0 radical (unpaired) electrons. The molecule has 0 unspecified atom stereocenters. The lowest BCUT2D eigenvalue weighted by Gasteiger charge is -2.23. The lowest BCUT2D eigenvalue weighted by atomic mass is 9.95. The van der Waals surface area contributed by atoms with Gasteiger partial charge in [0.2, 0.25) is 10.0 Å². The Morgan fingerprint density at radius 1 is 1.29 bits per heavy atom. The van der Waals surface area contributed by atoms with E-state index in [0.29, 0.717) is 5.56 Å². The van der Waals surface area contributed by atoms with Gasteiger partial charge in [-0.05, 0) is 37.5 Å². The largest absolute Gasteiger partial charge is 0.349 e. The molecule has 7 heteroatoms. The van der Waals surface area contributed by atoms with Crippen LogP contribution in [0.3, 0.4) is 0 Å². The zero-order valence-electron chi connectivity index (χ0n) is 11.9. The van der Waals surface area contributed by atoms with Crippen LogP contribution >= 0.6 is 11.6 Å². The molecule has 0 saturated heterocycles. The van der Waals surface area contributed by atoms with E-state index in [-0.39, 0.29) is 27.4 Å². The minimum Gasteiger partial charge on any atom is -0.349 e. The minimum absolute atomic E-state index is 0.108. The fraction of sp³-hybridized carbons (Fsp3) is 0.500. The van der Waals surface area contributed by atoms with Crippen LogP contribution in [-0.4, -0.2) is 20.4 Å². The molecule has 0 aliphatic heterocycles. The van der Waals surface area contributed by atoms with Crippen molar-refractivity contribution < 1.29 is 13.2 Å². The first-order valence-electron chi connectivity index (χ1n) is 6.93. The third kappa shape index (κ3) is 3.96. The van der Waals surface area contributed by atoms with Crippen molar-refractivity contribution in [2.45, 2.75) is 50.0 Å². The molecule has 0 atom stereocenters. The minimum atomic E-state index is -3.91. The van der Waals surface area contributed by atoms with Gasteiger partial charge >= 0.3 is 0 Å². The van der Waals surface area contributed by atoms with Gasteiger partial charge in [0.1, 0.15) is 0 Å². The van der Waals surface area contributed by atoms with Gasteiger partial charge < -0.3 is 5.32 Å². The Kier molecular flexibility index (Phi) is 4.91. The molecule has 21 heavy (non-hydrogen) atoms. The lowest BCUT2D eigenvalue weighted by Crippen LogP contribution is -2.36. The molecular weight excluding hydrogens is 312 g/mol. The summed E-state index contributed by atoms with van der Waals surface area (Å²) in [5, 5.41) is 8.31. The van der Waals surface area contributed by atoms with Crippen molar-refractivity contribution in [3.05, 3.63) is 28.3 Å². The standard InChI is InChI=1S/C14H19ClN2O3S/c1-9-12(15)7-10(8-13(9)21(16,19)20)14(18)17-11-5-3-2-4-6-11/h7-8,11H,2-6H2,1H3,(H,17,18)(H2,16,19,20). The van der Waals surface area contributed by atoms with E-state index in [1.54, 1.807) is 6.92 Å². The van der Waals surface area contributed by atoms with Gasteiger partial charge in [-0.25, -0.2) is 13.6 Å². The van der Waals surface area contributed by atoms with Gasteiger partial charge in [-0.15, -0.1) is 0 Å². The highest BCUT2D eigenvalue weighted by atomic mass is 35.5. The van der Waals surface area contributed by atoms with Crippen LogP contribution in [0.25, 0.3) is 0 Å². The molecule has 116 valence electrons. The highest BCUT2D eigenvalue weighted by Gasteiger charge is 2.21. The fourth-order valence-electron chi connectivity index (χ4n) is 2.60. The van der Waals surface area contributed by atoms with E-state index in [1.165, 1.54) is 18.6 Å². The highest BCUT2D eigenvalue weighted by molar-refractivity contribution is 7.89. The Morgan fingerprint density at radius 2 is 1.90 bits per heavy atom. The van der Waals surface area contributed by atoms with Crippen LogP contribution in [0.1, 0.15) is 48.0 Å². The second-order valence-corrected chi connectivity index (χ2v) is 7.37. The summed E-state index contributed by atoms with van der Waals surface area (Å²) in [6.45, 7) is 1.56. The first-order valence-corrected chi connectivity index (χ1v) is 8.85. The van der Waals surface area contributed by atoms with Crippen molar-refractivity contribution >= 4 is 27.5 Å². The Hall–Kier alpha value is -1.11. The normalized spacial score (nSPS) is 16.7. The maximum Gasteiger partial charge on any atom is 0.251 e. The molecule has 0 heterocycles. The second-order valence-electron chi connectivity index (χ2n) is 5.43. The molecule has 1 amide bonds. The number of amides is 1. The van der Waals surface area contributed by atoms with E-state index in [1.807, 2.05) is 0 Å². The second kappa shape index (κ2) is 6.34. The van der Waals surface area contributed by atoms with Gasteiger partial charge in [0.25, 0.3) is 5.91 Å². The highest BCUT2D eigenvalue weighted by Crippen LogP contribution is 2.25. The van der Waals surface area contributed by atoms with Crippen LogP contribution < -0.4 is 10.5 Å². The zero-order chi connectivity index (χ0) is 15.6. The first kappa shape index (κ1) is 16.3. The Labute approximate surface area is 129 Å². The number of halogens is 1. The summed E-state index contributed by atoms with van der Waals surface area (Å²) in [5.74, 6) is -0.311. The van der Waals surface area contributed by atoms with Crippen LogP contribution in [0.5, 0.6) is 0 Å². The first-order chi connectivity index (χ1) is 9.79. The van der Waals surface area contributed by atoms with Crippen LogP contribution in [0.15, 0.2) is 17.0 Å². The van der Waals surface area contributed by atoms with Crippen LogP contribution in [0.2, 0.25) is 5.02 Å². The summed E-state index contributed by atoms with van der Waals surface area (Å²) in [5.41, 5.74) is 0.577. The smallest absolute Gasteiger partial charge is 0.251 e. The average molecular weight is 331 g/mol. The summed E-state index contributed by atoms with van der Waals surface area (Å²) in [6.07, 6.45) is 5.29. The summed E-state index contributed by atoms with van der Waals surface area (Å²) in [4.78, 5) is 12.1. The molecule has 0 bridgehead atoms. The molecular formula is C14H19ClN2O3S. The van der Waals surface area contributed by atoms with Gasteiger partial charge in [-0.3, -0.25) is 4.79 Å². The van der Waals surface area contributed by atoms with Gasteiger partial charge in [-0.2, -0.15) is 0 Å². The van der Waals surface area contributed by atoms with Crippen molar-refractivity contribution in [2.75, 3.05) is 0 Å². The van der Waals surface area contributed by atoms with Crippen LogP contribution in [0, 0.1) is 6.92 Å². The quantitative estimate of drug-likeness (QED) is 0.891. The number of benzene rings is 1. The number of primary sulfonamides is 1. The van der Waals surface area contributed by atoms with Crippen molar-refractivity contribution in [3.63, 3.8) is 0 Å². The third-order valence-electron chi connectivity index (χ3n) is 3.81. The van der Waals surface area contributed by atoms with E-state index in [9.17, 15) is 13.2 Å². The predicted molar refractivity (Wildman–Crippen MR) is 81.9 cm³/mol. The number of hydrogen-bond acceptors (Lipinski definition) is 3. The molecule has 2 rings (SSSR count). The number of rotatable bonds is 3. The summed E-state index contributed by atoms with van der Waals surface area (Å²) in [6, 6.07) is 2.91. The number of hydrogen-bond donors (Lipinski definition) is 2. The van der Waals surface area contributed by atoms with E-state index in [4.69, 9.17) is 16.7 Å². The molecule has 1 aromatic rings. The molecule has 1 aliphatic carbocycles. The molecule has 1 saturated carbocycles. The number of nitrogens with one attached hydrogen (secondary N) is 1. The molecule has 3 N–H and O–H groups in total. The summed E-state index contributed by atoms with van der Waals surface area (Å²) < 4.78 is 23.1. The Balaban J connectivity index is 2.27. The van der Waals surface area contributed by atoms with E-state index in [0.717, 1.165) is 25.7 Å². The number of sulfonamides is 1. The van der Waals surface area contributed by atoms with E-state index in [2.05, 4.69) is 5.32 Å². The Morgan fingerprint density at radius 3 is 2.48 bits per heavy atom. The number of nitrogens with two attached hydrogens (primary N) is 1. The number of carbonyl (C=O) groups excluding carboxylic acids is 1. The lowest BCUT2D eigenvalue weighted by molar-refractivity contribution is 0.0927. The summed E-state index contributed by atoms with van der Waals surface area (Å²) >= 11 is 6.01. The predicted octanol–water partition coefficient (Wildman–Crippen LogP) is 2.36. The van der Waals surface area contributed by atoms with Gasteiger partial charge in [0.15, 0.2) is 0 Å². The number of carbonyl (C=O) groups is 1. The molecule has 1 fully saturated rings. The third-order valence-corrected chi connectivity index (χ3v) is 5.24. The van der Waals surface area contributed by atoms with Crippen molar-refractivity contribution in [1.29, 1.82) is 0 Å². The topological polar surface area (TPSA) is 89.3 Å². The molecule has 0 aromatic heterocycles. The SMILES string of the molecule is Cc1c(Cl)cc(C(=O)NC2CCCCC2)cc1S(N)(=O)=O. The Bertz CT molecular complexity index is 652. The molecule has 5 nitrogen and oxygen atoms in total. The molecule has 1 aliphatic rings. The monoisotopic (exact) mass is 330 g/mol. The van der Waals surface area contributed by atoms with E-state index < -0.39 is 10.0 Å². The summed E-state index contributed by atoms with van der Waals surface area (Å²) in [7, 11) is -3.91. The van der Waals surface area contributed by atoms with E-state index >= 15 is 0 Å². The van der Waals surface area contributed by atoms with Gasteiger partial charge in [-0.1, -0.05) is 30.9 Å². The molecule has 0 spiro atoms. The molecule has 1 aromatic carbocycles. The van der Waals surface area contributed by atoms with Crippen molar-refractivity contribution in [3.8, 4) is 0 Å². The van der Waals surface area contributed by atoms with Crippen molar-refractivity contribution in [2.24, 2.45) is 5.14 Å². The zero-order valence-corrected chi connectivity index (χ0v) is 13.4. The van der Waals surface area contributed by atoms with Gasteiger partial charge in [0, 0.05) is 16.6 Å². The maximum absolute atomic E-state index is 12.3. The maximum atomic E-state index is 12.3. The fourth-order valence-corrected chi connectivity index (χ4v) is 3.70. The van der Waals surface area contributed by atoms with Crippen LogP contribution in [0.4, 0.5) is 0 Å². The van der Waals surface area contributed by atoms with Crippen LogP contribution in [-0.2, 0) is 10.0 Å². The van der Waals surface area contributed by atoms with Crippen molar-refractivity contribution in [1.82, 2.24) is 5.32 Å². The van der Waals surface area contributed by atoms with Gasteiger partial charge in [0.05, 0.1) is 4.90 Å². The average Bonchev–Trinajstić information content (AvgIpc) is 2.41.